The van der Waals surface area contributed by atoms with Gasteiger partial charge in [-0.1, -0.05) is 18.6 Å². The number of carbonyl (C=O) groups is 1. The highest BCUT2D eigenvalue weighted by molar-refractivity contribution is 5.87. The van der Waals surface area contributed by atoms with E-state index in [0.29, 0.717) is 12.1 Å². The van der Waals surface area contributed by atoms with Gasteiger partial charge in [-0.3, -0.25) is 4.79 Å². The summed E-state index contributed by atoms with van der Waals surface area (Å²) in [5, 5.41) is 12.4. The Balaban J connectivity index is 1.29. The molecule has 0 bridgehead atoms. The lowest BCUT2D eigenvalue weighted by Crippen LogP contribution is -2.44. The van der Waals surface area contributed by atoms with E-state index in [0.717, 1.165) is 66.9 Å². The van der Waals surface area contributed by atoms with Crippen molar-refractivity contribution in [3.63, 3.8) is 0 Å². The molecule has 0 unspecified atom stereocenters. The number of aryl methyl sites for hydroxylation is 2. The third-order valence-corrected chi connectivity index (χ3v) is 6.68. The van der Waals surface area contributed by atoms with Crippen LogP contribution in [0.4, 0.5) is 5.82 Å². The smallest absolute Gasteiger partial charge is 0.223 e. The Morgan fingerprint density at radius 1 is 1.03 bits per heavy atom. The number of hydrogen-bond acceptors (Lipinski definition) is 5. The molecular formula is C24H30N6O. The molecule has 0 radical (unpaired) electrons. The summed E-state index contributed by atoms with van der Waals surface area (Å²) in [7, 11) is 0. The summed E-state index contributed by atoms with van der Waals surface area (Å²) < 4.78 is 1.88. The average Bonchev–Trinajstić information content (AvgIpc) is 3.12. The highest BCUT2D eigenvalue weighted by atomic mass is 16.2. The highest BCUT2D eigenvalue weighted by Gasteiger charge is 2.29. The van der Waals surface area contributed by atoms with Crippen LogP contribution in [0, 0.1) is 19.8 Å². The Morgan fingerprint density at radius 3 is 2.52 bits per heavy atom. The number of rotatable bonds is 5. The molecule has 7 nitrogen and oxygen atoms in total. The summed E-state index contributed by atoms with van der Waals surface area (Å²) in [4.78, 5) is 21.6. The predicted octanol–water partition coefficient (Wildman–Crippen LogP) is 4.07. The van der Waals surface area contributed by atoms with E-state index in [4.69, 9.17) is 0 Å². The van der Waals surface area contributed by atoms with E-state index in [-0.39, 0.29) is 11.8 Å². The van der Waals surface area contributed by atoms with Crippen molar-refractivity contribution in [2.75, 3.05) is 5.32 Å². The van der Waals surface area contributed by atoms with Gasteiger partial charge in [-0.15, -0.1) is 0 Å². The molecular weight excluding hydrogens is 388 g/mol. The van der Waals surface area contributed by atoms with E-state index in [9.17, 15) is 4.79 Å². The van der Waals surface area contributed by atoms with Gasteiger partial charge in [0.05, 0.1) is 17.3 Å². The van der Waals surface area contributed by atoms with Crippen molar-refractivity contribution in [2.45, 2.75) is 70.9 Å². The SMILES string of the molecule is Cc1cccc(-n2ncc3c(NC4CCC(NC(=O)C5CCC5)CC4)nc(C)nc32)c1. The molecule has 0 atom stereocenters. The van der Waals surface area contributed by atoms with Gasteiger partial charge in [0.15, 0.2) is 5.65 Å². The lowest BCUT2D eigenvalue weighted by molar-refractivity contribution is -0.128. The third-order valence-electron chi connectivity index (χ3n) is 6.68. The minimum Gasteiger partial charge on any atom is -0.367 e. The Morgan fingerprint density at radius 2 is 1.81 bits per heavy atom. The maximum atomic E-state index is 12.2. The van der Waals surface area contributed by atoms with Crippen LogP contribution < -0.4 is 10.6 Å². The van der Waals surface area contributed by atoms with E-state index in [2.05, 4.69) is 44.8 Å². The molecule has 2 aliphatic carbocycles. The van der Waals surface area contributed by atoms with Crippen molar-refractivity contribution in [1.82, 2.24) is 25.1 Å². The number of anilines is 1. The molecule has 2 aromatic heterocycles. The second-order valence-electron chi connectivity index (χ2n) is 9.08. The second-order valence-corrected chi connectivity index (χ2v) is 9.08. The van der Waals surface area contributed by atoms with Crippen LogP contribution in [0.5, 0.6) is 0 Å². The van der Waals surface area contributed by atoms with E-state index in [1.807, 2.05) is 29.9 Å². The predicted molar refractivity (Wildman–Crippen MR) is 121 cm³/mol. The lowest BCUT2D eigenvalue weighted by atomic mass is 9.84. The summed E-state index contributed by atoms with van der Waals surface area (Å²) in [6.07, 6.45) is 9.21. The van der Waals surface area contributed by atoms with Gasteiger partial charge in [-0.25, -0.2) is 14.6 Å². The van der Waals surface area contributed by atoms with Crippen LogP contribution >= 0.6 is 0 Å². The largest absolute Gasteiger partial charge is 0.367 e. The molecule has 2 aliphatic rings. The van der Waals surface area contributed by atoms with Crippen LogP contribution in [0.1, 0.15) is 56.3 Å². The van der Waals surface area contributed by atoms with Gasteiger partial charge in [-0.2, -0.15) is 5.10 Å². The summed E-state index contributed by atoms with van der Waals surface area (Å²) in [5.74, 6) is 2.10. The van der Waals surface area contributed by atoms with Crippen LogP contribution in [0.15, 0.2) is 30.5 Å². The maximum absolute atomic E-state index is 12.2. The van der Waals surface area contributed by atoms with Gasteiger partial charge in [-0.05, 0) is 70.1 Å². The average molecular weight is 419 g/mol. The Kier molecular flexibility index (Phi) is 5.34. The number of amides is 1. The lowest BCUT2D eigenvalue weighted by Gasteiger charge is -2.32. The minimum atomic E-state index is 0.262. The van der Waals surface area contributed by atoms with Crippen LogP contribution in [-0.2, 0) is 4.79 Å². The fraction of sp³-hybridized carbons (Fsp3) is 0.500. The first-order valence-electron chi connectivity index (χ1n) is 11.4. The number of nitrogens with zero attached hydrogens (tertiary/aromatic N) is 4. The first-order valence-corrected chi connectivity index (χ1v) is 11.4. The monoisotopic (exact) mass is 418 g/mol. The molecule has 0 aliphatic heterocycles. The van der Waals surface area contributed by atoms with Crippen LogP contribution in [0.25, 0.3) is 16.7 Å². The standard InChI is InChI=1S/C24H30N6O/c1-15-5-3-8-20(13-15)30-23-21(14-25-30)22(26-16(2)27-23)28-18-9-11-19(12-10-18)29-24(31)17-6-4-7-17/h3,5,8,13-14,17-19H,4,6-7,9-12H2,1-2H3,(H,29,31)(H,26,27,28). The summed E-state index contributed by atoms with van der Waals surface area (Å²) in [6.45, 7) is 4.00. The van der Waals surface area contributed by atoms with Crippen molar-refractivity contribution in [1.29, 1.82) is 0 Å². The molecule has 31 heavy (non-hydrogen) atoms. The van der Waals surface area contributed by atoms with Gasteiger partial charge in [0.2, 0.25) is 5.91 Å². The van der Waals surface area contributed by atoms with Crippen molar-refractivity contribution in [3.8, 4) is 5.69 Å². The molecule has 1 amide bonds. The van der Waals surface area contributed by atoms with Gasteiger partial charge in [0.25, 0.3) is 0 Å². The third kappa shape index (κ3) is 4.13. The van der Waals surface area contributed by atoms with Gasteiger partial charge < -0.3 is 10.6 Å². The molecule has 2 heterocycles. The van der Waals surface area contributed by atoms with E-state index in [1.54, 1.807) is 0 Å². The topological polar surface area (TPSA) is 84.7 Å². The zero-order valence-electron chi connectivity index (χ0n) is 18.3. The first kappa shape index (κ1) is 20.0. The maximum Gasteiger partial charge on any atom is 0.223 e. The number of benzene rings is 1. The van der Waals surface area contributed by atoms with E-state index < -0.39 is 0 Å². The van der Waals surface area contributed by atoms with E-state index >= 15 is 0 Å². The van der Waals surface area contributed by atoms with Crippen molar-refractivity contribution >= 4 is 22.8 Å². The highest BCUT2D eigenvalue weighted by Crippen LogP contribution is 2.29. The molecule has 2 N–H and O–H groups in total. The van der Waals surface area contributed by atoms with Crippen LogP contribution in [0.3, 0.4) is 0 Å². The molecule has 3 aromatic rings. The van der Waals surface area contributed by atoms with Crippen molar-refractivity contribution in [2.24, 2.45) is 5.92 Å². The summed E-state index contributed by atoms with van der Waals surface area (Å²) in [5.41, 5.74) is 3.01. The number of hydrogen-bond donors (Lipinski definition) is 2. The quantitative estimate of drug-likeness (QED) is 0.652. The zero-order chi connectivity index (χ0) is 21.4. The van der Waals surface area contributed by atoms with Gasteiger partial charge in [0.1, 0.15) is 11.6 Å². The van der Waals surface area contributed by atoms with Gasteiger partial charge in [0, 0.05) is 18.0 Å². The number of carbonyl (C=O) groups excluding carboxylic acids is 1. The Hall–Kier alpha value is -2.96. The molecule has 0 saturated heterocycles. The fourth-order valence-electron chi connectivity index (χ4n) is 4.64. The Bertz CT molecular complexity index is 1090. The summed E-state index contributed by atoms with van der Waals surface area (Å²) in [6, 6.07) is 8.92. The normalized spacial score (nSPS) is 21.6. The number of aromatic nitrogens is 4. The van der Waals surface area contributed by atoms with Crippen LogP contribution in [-0.4, -0.2) is 37.7 Å². The zero-order valence-corrected chi connectivity index (χ0v) is 18.3. The molecule has 2 saturated carbocycles. The molecule has 162 valence electrons. The fourth-order valence-corrected chi connectivity index (χ4v) is 4.64. The Labute approximate surface area is 182 Å². The molecule has 5 rings (SSSR count). The molecule has 1 aromatic carbocycles. The van der Waals surface area contributed by atoms with Gasteiger partial charge >= 0.3 is 0 Å². The summed E-state index contributed by atoms with van der Waals surface area (Å²) >= 11 is 0. The molecule has 2 fully saturated rings. The second kappa shape index (κ2) is 8.29. The number of nitrogens with one attached hydrogen (secondary N) is 2. The molecule has 0 spiro atoms. The molecule has 7 heteroatoms. The van der Waals surface area contributed by atoms with Crippen molar-refractivity contribution in [3.05, 3.63) is 41.9 Å². The van der Waals surface area contributed by atoms with Crippen molar-refractivity contribution < 1.29 is 4.79 Å². The number of fused-ring (bicyclic) bond motifs is 1. The van der Waals surface area contributed by atoms with Crippen LogP contribution in [0.2, 0.25) is 0 Å². The first-order chi connectivity index (χ1) is 15.1. The van der Waals surface area contributed by atoms with E-state index in [1.165, 1.54) is 12.0 Å². The minimum absolute atomic E-state index is 0.262.